The molecule has 1 aromatic heterocycles. The number of carbonyl (C=O) groups excluding carboxylic acids is 1. The molecule has 126 valence electrons. The van der Waals surface area contributed by atoms with Gasteiger partial charge >= 0.3 is 0 Å². The van der Waals surface area contributed by atoms with Crippen molar-refractivity contribution >= 4 is 22.4 Å². The summed E-state index contributed by atoms with van der Waals surface area (Å²) in [4.78, 5) is 19.1. The maximum Gasteiger partial charge on any atom is 0.240 e. The molecule has 0 radical (unpaired) electrons. The second kappa shape index (κ2) is 6.61. The average Bonchev–Trinajstić information content (AvgIpc) is 3.47. The first-order chi connectivity index (χ1) is 11.7. The number of thiazole rings is 1. The fourth-order valence-corrected chi connectivity index (χ4v) is 3.58. The van der Waals surface area contributed by atoms with Crippen molar-refractivity contribution in [2.24, 2.45) is 5.92 Å². The van der Waals surface area contributed by atoms with Crippen molar-refractivity contribution in [2.75, 3.05) is 18.4 Å². The van der Waals surface area contributed by atoms with Crippen LogP contribution in [0.2, 0.25) is 0 Å². The van der Waals surface area contributed by atoms with E-state index < -0.39 is 0 Å². The number of hydrogen-bond acceptors (Lipinski definition) is 4. The minimum atomic E-state index is -0.265. The third-order valence-corrected chi connectivity index (χ3v) is 5.25. The number of aromatic nitrogens is 1. The van der Waals surface area contributed by atoms with E-state index in [9.17, 15) is 9.18 Å². The summed E-state index contributed by atoms with van der Waals surface area (Å²) in [5.41, 5.74) is 1.61. The molecule has 0 saturated heterocycles. The molecule has 4 nitrogen and oxygen atoms in total. The molecule has 2 aliphatic carbocycles. The van der Waals surface area contributed by atoms with Crippen molar-refractivity contribution in [3.05, 3.63) is 35.5 Å². The number of rotatable bonds is 7. The van der Waals surface area contributed by atoms with E-state index >= 15 is 0 Å². The standard InChI is InChI=1S/C18H20FN3OS/c19-14-5-3-13(4-6-14)16-11-24-18(20-16)21-17(23)10-22(15-7-8-15)9-12-1-2-12/h3-6,11-12,15H,1-2,7-10H2,(H,20,21,23). The van der Waals surface area contributed by atoms with Gasteiger partial charge < -0.3 is 5.32 Å². The Morgan fingerprint density at radius 3 is 2.67 bits per heavy atom. The van der Waals surface area contributed by atoms with Crippen LogP contribution in [0.25, 0.3) is 11.3 Å². The molecule has 0 atom stereocenters. The lowest BCUT2D eigenvalue weighted by atomic mass is 10.2. The van der Waals surface area contributed by atoms with Gasteiger partial charge in [-0.3, -0.25) is 9.69 Å². The van der Waals surface area contributed by atoms with E-state index in [0.717, 1.165) is 23.7 Å². The third kappa shape index (κ3) is 3.99. The van der Waals surface area contributed by atoms with Crippen molar-refractivity contribution in [3.8, 4) is 11.3 Å². The van der Waals surface area contributed by atoms with E-state index in [1.165, 1.54) is 49.2 Å². The summed E-state index contributed by atoms with van der Waals surface area (Å²) in [6.45, 7) is 1.50. The number of hydrogen-bond donors (Lipinski definition) is 1. The maximum atomic E-state index is 13.0. The van der Waals surface area contributed by atoms with E-state index in [2.05, 4.69) is 15.2 Å². The highest BCUT2D eigenvalue weighted by Gasteiger charge is 2.34. The molecule has 0 unspecified atom stereocenters. The van der Waals surface area contributed by atoms with Crippen LogP contribution in [0.1, 0.15) is 25.7 Å². The zero-order valence-electron chi connectivity index (χ0n) is 13.4. The lowest BCUT2D eigenvalue weighted by Gasteiger charge is -2.20. The summed E-state index contributed by atoms with van der Waals surface area (Å²) in [5.74, 6) is 0.532. The molecule has 1 aromatic carbocycles. The summed E-state index contributed by atoms with van der Waals surface area (Å²) in [6, 6.07) is 6.82. The van der Waals surface area contributed by atoms with Gasteiger partial charge in [0.15, 0.2) is 5.13 Å². The van der Waals surface area contributed by atoms with Gasteiger partial charge in [0.2, 0.25) is 5.91 Å². The molecule has 0 aliphatic heterocycles. The van der Waals surface area contributed by atoms with Gasteiger partial charge in [0, 0.05) is 23.5 Å². The average molecular weight is 345 g/mol. The number of nitrogens with zero attached hydrogens (tertiary/aromatic N) is 2. The van der Waals surface area contributed by atoms with Gasteiger partial charge in [-0.15, -0.1) is 11.3 Å². The van der Waals surface area contributed by atoms with Crippen LogP contribution in [0, 0.1) is 11.7 Å². The molecule has 1 heterocycles. The number of anilines is 1. The quantitative estimate of drug-likeness (QED) is 0.831. The topological polar surface area (TPSA) is 45.2 Å². The minimum Gasteiger partial charge on any atom is -0.301 e. The molecule has 6 heteroatoms. The Hall–Kier alpha value is -1.79. The van der Waals surface area contributed by atoms with E-state index in [0.29, 0.717) is 17.7 Å². The maximum absolute atomic E-state index is 13.0. The lowest BCUT2D eigenvalue weighted by molar-refractivity contribution is -0.117. The molecule has 0 spiro atoms. The van der Waals surface area contributed by atoms with Crippen LogP contribution in [0.4, 0.5) is 9.52 Å². The Bertz CT molecular complexity index is 722. The fourth-order valence-electron chi connectivity index (χ4n) is 2.84. The summed E-state index contributed by atoms with van der Waals surface area (Å²) in [5, 5.41) is 5.38. The van der Waals surface area contributed by atoms with Gasteiger partial charge in [-0.05, 0) is 55.9 Å². The monoisotopic (exact) mass is 345 g/mol. The van der Waals surface area contributed by atoms with Crippen LogP contribution in [0.5, 0.6) is 0 Å². The van der Waals surface area contributed by atoms with E-state index in [1.54, 1.807) is 12.1 Å². The Morgan fingerprint density at radius 1 is 1.25 bits per heavy atom. The van der Waals surface area contributed by atoms with Gasteiger partial charge in [0.05, 0.1) is 12.2 Å². The van der Waals surface area contributed by atoms with Gasteiger partial charge in [-0.1, -0.05) is 0 Å². The van der Waals surface area contributed by atoms with Crippen LogP contribution in [-0.4, -0.2) is 34.9 Å². The van der Waals surface area contributed by atoms with Crippen molar-refractivity contribution in [1.82, 2.24) is 9.88 Å². The summed E-state index contributed by atoms with van der Waals surface area (Å²) in [7, 11) is 0. The number of halogens is 1. The zero-order valence-corrected chi connectivity index (χ0v) is 14.2. The Kier molecular flexibility index (Phi) is 4.33. The third-order valence-electron chi connectivity index (χ3n) is 4.49. The van der Waals surface area contributed by atoms with Gasteiger partial charge in [-0.25, -0.2) is 9.37 Å². The first-order valence-corrected chi connectivity index (χ1v) is 9.31. The van der Waals surface area contributed by atoms with Crippen molar-refractivity contribution < 1.29 is 9.18 Å². The highest BCUT2D eigenvalue weighted by Crippen LogP contribution is 2.34. The smallest absolute Gasteiger partial charge is 0.240 e. The molecular formula is C18H20FN3OS. The number of benzene rings is 1. The number of nitrogens with one attached hydrogen (secondary N) is 1. The molecule has 2 saturated carbocycles. The number of carbonyl (C=O) groups is 1. The summed E-state index contributed by atoms with van der Waals surface area (Å²) < 4.78 is 13.0. The second-order valence-electron chi connectivity index (χ2n) is 6.70. The Balaban J connectivity index is 1.36. The van der Waals surface area contributed by atoms with E-state index in [4.69, 9.17) is 0 Å². The highest BCUT2D eigenvalue weighted by atomic mass is 32.1. The molecule has 2 aliphatic rings. The first kappa shape index (κ1) is 15.7. The molecule has 24 heavy (non-hydrogen) atoms. The largest absolute Gasteiger partial charge is 0.301 e. The first-order valence-electron chi connectivity index (χ1n) is 8.43. The lowest BCUT2D eigenvalue weighted by Crippen LogP contribution is -2.36. The predicted octanol–water partition coefficient (Wildman–Crippen LogP) is 3.76. The van der Waals surface area contributed by atoms with Crippen molar-refractivity contribution in [2.45, 2.75) is 31.7 Å². The molecule has 4 rings (SSSR count). The minimum absolute atomic E-state index is 0.00237. The van der Waals surface area contributed by atoms with Crippen LogP contribution < -0.4 is 5.32 Å². The van der Waals surface area contributed by atoms with Crippen LogP contribution in [-0.2, 0) is 4.79 Å². The molecule has 2 fully saturated rings. The Labute approximate surface area is 144 Å². The molecular weight excluding hydrogens is 325 g/mol. The van der Waals surface area contributed by atoms with E-state index in [1.807, 2.05) is 5.38 Å². The fraction of sp³-hybridized carbons (Fsp3) is 0.444. The van der Waals surface area contributed by atoms with Crippen LogP contribution in [0.3, 0.4) is 0 Å². The van der Waals surface area contributed by atoms with Crippen LogP contribution in [0.15, 0.2) is 29.6 Å². The molecule has 0 bridgehead atoms. The van der Waals surface area contributed by atoms with Crippen molar-refractivity contribution in [3.63, 3.8) is 0 Å². The number of amides is 1. The van der Waals surface area contributed by atoms with Crippen molar-refractivity contribution in [1.29, 1.82) is 0 Å². The van der Waals surface area contributed by atoms with Gasteiger partial charge in [0.1, 0.15) is 5.82 Å². The molecule has 2 aromatic rings. The summed E-state index contributed by atoms with van der Waals surface area (Å²) >= 11 is 1.40. The van der Waals surface area contributed by atoms with Gasteiger partial charge in [-0.2, -0.15) is 0 Å². The van der Waals surface area contributed by atoms with E-state index in [-0.39, 0.29) is 11.7 Å². The van der Waals surface area contributed by atoms with Gasteiger partial charge in [0.25, 0.3) is 0 Å². The van der Waals surface area contributed by atoms with Crippen LogP contribution >= 0.6 is 11.3 Å². The SMILES string of the molecule is O=C(CN(CC1CC1)C1CC1)Nc1nc(-c2ccc(F)cc2)cs1. The normalized spacial score (nSPS) is 17.2. The summed E-state index contributed by atoms with van der Waals surface area (Å²) in [6.07, 6.45) is 5.04. The zero-order chi connectivity index (χ0) is 16.5. The molecule has 1 amide bonds. The highest BCUT2D eigenvalue weighted by molar-refractivity contribution is 7.14. The molecule has 1 N–H and O–H groups in total. The Morgan fingerprint density at radius 2 is 2.00 bits per heavy atom. The second-order valence-corrected chi connectivity index (χ2v) is 7.56. The predicted molar refractivity (Wildman–Crippen MR) is 93.5 cm³/mol.